The smallest absolute Gasteiger partial charge is 0.411 e. The molecule has 1 rings (SSSR count). The van der Waals surface area contributed by atoms with Gasteiger partial charge in [0.1, 0.15) is 6.61 Å². The van der Waals surface area contributed by atoms with E-state index in [9.17, 15) is 4.79 Å². The van der Waals surface area contributed by atoms with Crippen molar-refractivity contribution in [2.24, 2.45) is 0 Å². The highest BCUT2D eigenvalue weighted by molar-refractivity contribution is 6.30. The maximum absolute atomic E-state index is 11.2. The Morgan fingerprint density at radius 1 is 1.31 bits per heavy atom. The summed E-state index contributed by atoms with van der Waals surface area (Å²) in [5, 5.41) is 3.19. The summed E-state index contributed by atoms with van der Waals surface area (Å²) in [6.07, 6.45) is -0.498. The minimum absolute atomic E-state index is 0.243. The summed E-state index contributed by atoms with van der Waals surface area (Å²) in [6, 6.07) is 6.78. The standard InChI is InChI=1S/C11H14ClNO3/c1-2-15-7-8-16-11(14)13-10-5-3-9(12)4-6-10/h3-6H,2,7-8H2,1H3,(H,13,14). The van der Waals surface area contributed by atoms with Gasteiger partial charge in [0.05, 0.1) is 6.61 Å². The lowest BCUT2D eigenvalue weighted by Gasteiger charge is -2.06. The van der Waals surface area contributed by atoms with E-state index in [2.05, 4.69) is 5.32 Å². The maximum Gasteiger partial charge on any atom is 0.411 e. The van der Waals surface area contributed by atoms with Crippen molar-refractivity contribution in [3.05, 3.63) is 29.3 Å². The van der Waals surface area contributed by atoms with E-state index >= 15 is 0 Å². The molecule has 1 amide bonds. The molecule has 0 aromatic heterocycles. The van der Waals surface area contributed by atoms with Gasteiger partial charge in [-0.05, 0) is 31.2 Å². The number of amides is 1. The molecule has 0 atom stereocenters. The molecule has 0 spiro atoms. The fraction of sp³-hybridized carbons (Fsp3) is 0.364. The molecule has 0 bridgehead atoms. The Bertz CT molecular complexity index is 327. The van der Waals surface area contributed by atoms with Crippen molar-refractivity contribution in [1.29, 1.82) is 0 Å². The van der Waals surface area contributed by atoms with Gasteiger partial charge in [-0.25, -0.2) is 4.79 Å². The van der Waals surface area contributed by atoms with Gasteiger partial charge in [-0.2, -0.15) is 0 Å². The summed E-state index contributed by atoms with van der Waals surface area (Å²) < 4.78 is 9.90. The predicted molar refractivity (Wildman–Crippen MR) is 62.9 cm³/mol. The van der Waals surface area contributed by atoms with Crippen LogP contribution in [0.5, 0.6) is 0 Å². The molecule has 1 N–H and O–H groups in total. The number of halogens is 1. The first-order valence-corrected chi connectivity index (χ1v) is 5.37. The van der Waals surface area contributed by atoms with Gasteiger partial charge in [0, 0.05) is 17.3 Å². The Labute approximate surface area is 99.5 Å². The zero-order valence-corrected chi connectivity index (χ0v) is 9.79. The minimum Gasteiger partial charge on any atom is -0.447 e. The maximum atomic E-state index is 11.2. The lowest BCUT2D eigenvalue weighted by molar-refractivity contribution is 0.0850. The average Bonchev–Trinajstić information content (AvgIpc) is 2.28. The highest BCUT2D eigenvalue weighted by atomic mass is 35.5. The van der Waals surface area contributed by atoms with Gasteiger partial charge in [0.15, 0.2) is 0 Å². The van der Waals surface area contributed by atoms with Crippen molar-refractivity contribution < 1.29 is 14.3 Å². The molecule has 0 aliphatic carbocycles. The molecular weight excluding hydrogens is 230 g/mol. The summed E-state index contributed by atoms with van der Waals surface area (Å²) in [7, 11) is 0. The van der Waals surface area contributed by atoms with Crippen molar-refractivity contribution >= 4 is 23.4 Å². The van der Waals surface area contributed by atoms with E-state index in [0.29, 0.717) is 23.9 Å². The van der Waals surface area contributed by atoms with E-state index in [-0.39, 0.29) is 6.61 Å². The number of rotatable bonds is 5. The molecular formula is C11H14ClNO3. The predicted octanol–water partition coefficient (Wildman–Crippen LogP) is 2.93. The summed E-state index contributed by atoms with van der Waals surface area (Å²) in [5.74, 6) is 0. The third kappa shape index (κ3) is 5.00. The SMILES string of the molecule is CCOCCOC(=O)Nc1ccc(Cl)cc1. The van der Waals surface area contributed by atoms with Gasteiger partial charge < -0.3 is 9.47 Å². The van der Waals surface area contributed by atoms with Gasteiger partial charge in [-0.3, -0.25) is 5.32 Å². The summed E-state index contributed by atoms with van der Waals surface area (Å²) in [4.78, 5) is 11.2. The first-order valence-electron chi connectivity index (χ1n) is 4.99. The van der Waals surface area contributed by atoms with Crippen LogP contribution in [0, 0.1) is 0 Å². The molecule has 1 aromatic rings. The quantitative estimate of drug-likeness (QED) is 0.809. The van der Waals surface area contributed by atoms with Crippen LogP contribution in [0.25, 0.3) is 0 Å². The largest absolute Gasteiger partial charge is 0.447 e. The van der Waals surface area contributed by atoms with Gasteiger partial charge in [0.2, 0.25) is 0 Å². The van der Waals surface area contributed by atoms with Crippen LogP contribution in [-0.2, 0) is 9.47 Å². The lowest BCUT2D eigenvalue weighted by atomic mass is 10.3. The van der Waals surface area contributed by atoms with Crippen LogP contribution in [0.15, 0.2) is 24.3 Å². The molecule has 0 aliphatic heterocycles. The number of anilines is 1. The number of hydrogen-bond donors (Lipinski definition) is 1. The van der Waals surface area contributed by atoms with Crippen LogP contribution < -0.4 is 5.32 Å². The Morgan fingerprint density at radius 3 is 2.62 bits per heavy atom. The number of hydrogen-bond acceptors (Lipinski definition) is 3. The highest BCUT2D eigenvalue weighted by Gasteiger charge is 2.02. The van der Waals surface area contributed by atoms with Crippen LogP contribution in [0.2, 0.25) is 5.02 Å². The summed E-state index contributed by atoms with van der Waals surface area (Å²) in [5.41, 5.74) is 0.644. The zero-order chi connectivity index (χ0) is 11.8. The lowest BCUT2D eigenvalue weighted by Crippen LogP contribution is -2.16. The molecule has 0 saturated heterocycles. The molecule has 0 saturated carbocycles. The minimum atomic E-state index is -0.498. The van der Waals surface area contributed by atoms with Gasteiger partial charge in [0.25, 0.3) is 0 Å². The second-order valence-electron chi connectivity index (χ2n) is 2.96. The Balaban J connectivity index is 2.26. The molecule has 0 radical (unpaired) electrons. The first kappa shape index (κ1) is 12.8. The molecule has 0 aliphatic rings. The number of carbonyl (C=O) groups is 1. The molecule has 4 nitrogen and oxygen atoms in total. The topological polar surface area (TPSA) is 47.6 Å². The van der Waals surface area contributed by atoms with E-state index in [1.54, 1.807) is 24.3 Å². The second kappa shape index (κ2) is 7.09. The van der Waals surface area contributed by atoms with E-state index < -0.39 is 6.09 Å². The number of benzene rings is 1. The number of carbonyl (C=O) groups excluding carboxylic acids is 1. The van der Waals surface area contributed by atoms with Crippen LogP contribution in [-0.4, -0.2) is 25.9 Å². The Morgan fingerprint density at radius 2 is 2.00 bits per heavy atom. The summed E-state index contributed by atoms with van der Waals surface area (Å²) in [6.45, 7) is 3.15. The molecule has 5 heteroatoms. The van der Waals surface area contributed by atoms with Crippen molar-refractivity contribution in [2.45, 2.75) is 6.92 Å². The Hall–Kier alpha value is -1.26. The fourth-order valence-corrected chi connectivity index (χ4v) is 1.15. The van der Waals surface area contributed by atoms with Crippen LogP contribution in [0.3, 0.4) is 0 Å². The van der Waals surface area contributed by atoms with Crippen molar-refractivity contribution in [2.75, 3.05) is 25.1 Å². The molecule has 16 heavy (non-hydrogen) atoms. The molecule has 0 heterocycles. The van der Waals surface area contributed by atoms with Crippen LogP contribution in [0.4, 0.5) is 10.5 Å². The van der Waals surface area contributed by atoms with E-state index in [1.807, 2.05) is 6.92 Å². The van der Waals surface area contributed by atoms with E-state index in [4.69, 9.17) is 21.1 Å². The molecule has 1 aromatic carbocycles. The molecule has 88 valence electrons. The van der Waals surface area contributed by atoms with Crippen molar-refractivity contribution in [3.63, 3.8) is 0 Å². The van der Waals surface area contributed by atoms with Gasteiger partial charge >= 0.3 is 6.09 Å². The van der Waals surface area contributed by atoms with Crippen LogP contribution in [0.1, 0.15) is 6.92 Å². The molecule has 0 fully saturated rings. The number of ether oxygens (including phenoxy) is 2. The molecule has 0 unspecified atom stereocenters. The number of nitrogens with one attached hydrogen (secondary N) is 1. The highest BCUT2D eigenvalue weighted by Crippen LogP contribution is 2.13. The van der Waals surface area contributed by atoms with E-state index in [1.165, 1.54) is 0 Å². The van der Waals surface area contributed by atoms with Crippen LogP contribution >= 0.6 is 11.6 Å². The van der Waals surface area contributed by atoms with Crippen molar-refractivity contribution in [3.8, 4) is 0 Å². The fourth-order valence-electron chi connectivity index (χ4n) is 1.02. The first-order chi connectivity index (χ1) is 7.72. The third-order valence-corrected chi connectivity index (χ3v) is 2.01. The van der Waals surface area contributed by atoms with Gasteiger partial charge in [-0.15, -0.1) is 0 Å². The second-order valence-corrected chi connectivity index (χ2v) is 3.40. The Kier molecular flexibility index (Phi) is 5.67. The monoisotopic (exact) mass is 243 g/mol. The summed E-state index contributed by atoms with van der Waals surface area (Å²) >= 11 is 5.71. The van der Waals surface area contributed by atoms with E-state index in [0.717, 1.165) is 0 Å². The normalized spacial score (nSPS) is 9.88. The third-order valence-electron chi connectivity index (χ3n) is 1.76. The van der Waals surface area contributed by atoms with Crippen molar-refractivity contribution in [1.82, 2.24) is 0 Å². The average molecular weight is 244 g/mol. The van der Waals surface area contributed by atoms with Gasteiger partial charge in [-0.1, -0.05) is 11.6 Å². The zero-order valence-electron chi connectivity index (χ0n) is 9.03.